The summed E-state index contributed by atoms with van der Waals surface area (Å²) in [7, 11) is 3.29. The van der Waals surface area contributed by atoms with E-state index in [1.165, 1.54) is 11.3 Å². The van der Waals surface area contributed by atoms with Gasteiger partial charge in [-0.2, -0.15) is 5.10 Å². The highest BCUT2D eigenvalue weighted by Crippen LogP contribution is 2.28. The number of carbonyl (C=O) groups is 1. The summed E-state index contributed by atoms with van der Waals surface area (Å²) in [5.41, 5.74) is 2.64. The molecule has 4 rings (SSSR count). The van der Waals surface area contributed by atoms with Crippen LogP contribution in [-0.2, 0) is 9.53 Å². The van der Waals surface area contributed by atoms with E-state index in [1.807, 2.05) is 41.8 Å². The molecule has 1 aliphatic heterocycles. The number of carbonyl (C=O) groups excluding carboxylic acids is 1. The van der Waals surface area contributed by atoms with Gasteiger partial charge in [0.2, 0.25) is 4.80 Å². The standard InChI is InChI=1S/C24H25ClN4O4S/c1-26-24-29(20(16-34-24)18-4-3-5-19(25)13-18)27-14-17-6-7-21(22(12-17)31-2)33-15-23(30)28-8-10-32-11-9-28/h3-7,12-14,16H,8-11,15H2,1-2H3/b26-24?,27-14+. The molecule has 8 nitrogen and oxygen atoms in total. The summed E-state index contributed by atoms with van der Waals surface area (Å²) >= 11 is 7.67. The Labute approximate surface area is 206 Å². The summed E-state index contributed by atoms with van der Waals surface area (Å²) in [6.45, 7) is 2.21. The smallest absolute Gasteiger partial charge is 0.260 e. The van der Waals surface area contributed by atoms with E-state index in [0.29, 0.717) is 42.8 Å². The Bertz CT molecular complexity index is 1250. The molecule has 0 spiro atoms. The first-order chi connectivity index (χ1) is 16.6. The fourth-order valence-corrected chi connectivity index (χ4v) is 4.45. The molecule has 1 amide bonds. The van der Waals surface area contributed by atoms with Crippen LogP contribution in [0.3, 0.4) is 0 Å². The molecule has 3 aromatic rings. The molecule has 1 saturated heterocycles. The highest BCUT2D eigenvalue weighted by molar-refractivity contribution is 7.07. The van der Waals surface area contributed by atoms with Crippen LogP contribution < -0.4 is 14.3 Å². The van der Waals surface area contributed by atoms with Crippen molar-refractivity contribution in [1.29, 1.82) is 0 Å². The summed E-state index contributed by atoms with van der Waals surface area (Å²) in [6, 6.07) is 13.0. The van der Waals surface area contributed by atoms with Crippen LogP contribution in [0.15, 0.2) is 57.9 Å². The molecule has 0 N–H and O–H groups in total. The van der Waals surface area contributed by atoms with E-state index in [0.717, 1.165) is 21.6 Å². The average molecular weight is 501 g/mol. The fraction of sp³-hybridized carbons (Fsp3) is 0.292. The van der Waals surface area contributed by atoms with Gasteiger partial charge in [0.05, 0.1) is 32.2 Å². The van der Waals surface area contributed by atoms with Crippen molar-refractivity contribution in [3.63, 3.8) is 0 Å². The van der Waals surface area contributed by atoms with Crippen LogP contribution in [0.1, 0.15) is 5.56 Å². The molecule has 1 aromatic heterocycles. The lowest BCUT2D eigenvalue weighted by Crippen LogP contribution is -2.43. The number of aromatic nitrogens is 1. The molecule has 0 radical (unpaired) electrons. The summed E-state index contributed by atoms with van der Waals surface area (Å²) < 4.78 is 18.3. The molecule has 0 bridgehead atoms. The molecule has 2 aromatic carbocycles. The van der Waals surface area contributed by atoms with Gasteiger partial charge in [-0.3, -0.25) is 9.79 Å². The summed E-state index contributed by atoms with van der Waals surface area (Å²) in [5.74, 6) is 0.937. The minimum atomic E-state index is -0.0748. The number of nitrogens with zero attached hydrogens (tertiary/aromatic N) is 4. The zero-order chi connectivity index (χ0) is 23.9. The molecule has 0 aliphatic carbocycles. The molecule has 34 heavy (non-hydrogen) atoms. The van der Waals surface area contributed by atoms with Gasteiger partial charge in [-0.1, -0.05) is 23.7 Å². The van der Waals surface area contributed by atoms with Crippen molar-refractivity contribution in [3.05, 3.63) is 63.2 Å². The normalized spacial score (nSPS) is 14.6. The first-order valence-corrected chi connectivity index (χ1v) is 11.9. The number of hydrogen-bond acceptors (Lipinski definition) is 7. The predicted molar refractivity (Wildman–Crippen MR) is 133 cm³/mol. The van der Waals surface area contributed by atoms with Gasteiger partial charge in [-0.15, -0.1) is 11.3 Å². The number of morpholine rings is 1. The van der Waals surface area contributed by atoms with Crippen molar-refractivity contribution < 1.29 is 19.0 Å². The van der Waals surface area contributed by atoms with Crippen molar-refractivity contribution in [3.8, 4) is 22.8 Å². The third-order valence-electron chi connectivity index (χ3n) is 5.22. The molecule has 2 heterocycles. The van der Waals surface area contributed by atoms with E-state index in [4.69, 9.17) is 25.8 Å². The van der Waals surface area contributed by atoms with E-state index in [9.17, 15) is 4.79 Å². The van der Waals surface area contributed by atoms with Gasteiger partial charge in [0.1, 0.15) is 0 Å². The fourth-order valence-electron chi connectivity index (χ4n) is 3.46. The minimum Gasteiger partial charge on any atom is -0.493 e. The van der Waals surface area contributed by atoms with Crippen molar-refractivity contribution >= 4 is 35.1 Å². The van der Waals surface area contributed by atoms with Crippen molar-refractivity contribution in [2.75, 3.05) is 47.1 Å². The molecule has 1 fully saturated rings. The van der Waals surface area contributed by atoms with Crippen molar-refractivity contribution in [2.24, 2.45) is 10.1 Å². The number of ether oxygens (including phenoxy) is 3. The number of rotatable bonds is 7. The number of benzene rings is 2. The highest BCUT2D eigenvalue weighted by atomic mass is 35.5. The van der Waals surface area contributed by atoms with Crippen molar-refractivity contribution in [1.82, 2.24) is 9.58 Å². The number of amides is 1. The second-order valence-corrected chi connectivity index (χ2v) is 8.66. The summed E-state index contributed by atoms with van der Waals surface area (Å²) in [5, 5.41) is 7.30. The number of thiazole rings is 1. The van der Waals surface area contributed by atoms with Crippen molar-refractivity contribution in [2.45, 2.75) is 0 Å². The lowest BCUT2D eigenvalue weighted by atomic mass is 10.2. The monoisotopic (exact) mass is 500 g/mol. The molecule has 0 atom stereocenters. The van der Waals surface area contributed by atoms with Crippen LogP contribution in [0.2, 0.25) is 5.02 Å². The third kappa shape index (κ3) is 5.67. The van der Waals surface area contributed by atoms with E-state index in [-0.39, 0.29) is 12.5 Å². The van der Waals surface area contributed by atoms with E-state index >= 15 is 0 Å². The van der Waals surface area contributed by atoms with Gasteiger partial charge >= 0.3 is 0 Å². The second-order valence-electron chi connectivity index (χ2n) is 7.39. The van der Waals surface area contributed by atoms with E-state index < -0.39 is 0 Å². The highest BCUT2D eigenvalue weighted by Gasteiger charge is 2.18. The first-order valence-electron chi connectivity index (χ1n) is 10.7. The SMILES string of the molecule is CN=c1scc(-c2cccc(Cl)c2)n1/N=C/c1ccc(OCC(=O)N2CCOCC2)c(OC)c1. The minimum absolute atomic E-state index is 0.0566. The number of halogens is 1. The average Bonchev–Trinajstić information content (AvgIpc) is 3.29. The third-order valence-corrected chi connectivity index (χ3v) is 6.36. The molecule has 0 saturated carbocycles. The Morgan fingerprint density at radius 3 is 2.76 bits per heavy atom. The Kier molecular flexibility index (Phi) is 7.99. The maximum Gasteiger partial charge on any atom is 0.260 e. The molecular formula is C24H25ClN4O4S. The van der Waals surface area contributed by atoms with Crippen LogP contribution in [0.5, 0.6) is 11.5 Å². The number of hydrogen-bond donors (Lipinski definition) is 0. The van der Waals surface area contributed by atoms with Gasteiger partial charge in [-0.05, 0) is 35.9 Å². The van der Waals surface area contributed by atoms with Crippen LogP contribution in [0.4, 0.5) is 0 Å². The molecule has 178 valence electrons. The topological polar surface area (TPSA) is 77.7 Å². The van der Waals surface area contributed by atoms with E-state index in [2.05, 4.69) is 10.1 Å². The van der Waals surface area contributed by atoms with Gasteiger partial charge in [0.25, 0.3) is 5.91 Å². The quantitative estimate of drug-likeness (QED) is 0.465. The lowest BCUT2D eigenvalue weighted by molar-refractivity contribution is -0.137. The van der Waals surface area contributed by atoms with Crippen LogP contribution >= 0.6 is 22.9 Å². The molecular weight excluding hydrogens is 476 g/mol. The Morgan fingerprint density at radius 1 is 1.21 bits per heavy atom. The molecule has 10 heteroatoms. The number of methoxy groups -OCH3 is 1. The zero-order valence-corrected chi connectivity index (χ0v) is 20.5. The Hall–Kier alpha value is -3.14. The van der Waals surface area contributed by atoms with Crippen LogP contribution in [-0.4, -0.2) is 68.8 Å². The Morgan fingerprint density at radius 2 is 2.03 bits per heavy atom. The van der Waals surface area contributed by atoms with Gasteiger partial charge in [0, 0.05) is 36.1 Å². The van der Waals surface area contributed by atoms with Crippen LogP contribution in [0, 0.1) is 0 Å². The first kappa shape index (κ1) is 24.0. The van der Waals surface area contributed by atoms with Crippen LogP contribution in [0.25, 0.3) is 11.3 Å². The lowest BCUT2D eigenvalue weighted by Gasteiger charge is -2.26. The Balaban J connectivity index is 1.52. The molecule has 1 aliphatic rings. The maximum absolute atomic E-state index is 12.4. The van der Waals surface area contributed by atoms with Gasteiger partial charge in [-0.25, -0.2) is 4.68 Å². The zero-order valence-electron chi connectivity index (χ0n) is 18.9. The predicted octanol–water partition coefficient (Wildman–Crippen LogP) is 3.53. The van der Waals surface area contributed by atoms with Gasteiger partial charge in [0.15, 0.2) is 18.1 Å². The van der Waals surface area contributed by atoms with Gasteiger partial charge < -0.3 is 19.1 Å². The summed E-state index contributed by atoms with van der Waals surface area (Å²) in [4.78, 5) is 19.2. The van der Waals surface area contributed by atoms with E-state index in [1.54, 1.807) is 36.0 Å². The molecule has 0 unspecified atom stereocenters. The maximum atomic E-state index is 12.4. The largest absolute Gasteiger partial charge is 0.493 e. The second kappa shape index (κ2) is 11.3. The summed E-state index contributed by atoms with van der Waals surface area (Å²) in [6.07, 6.45) is 1.72.